The van der Waals surface area contributed by atoms with Gasteiger partial charge in [-0.05, 0) is 12.1 Å². The van der Waals surface area contributed by atoms with Crippen LogP contribution in [0, 0.1) is 0 Å². The van der Waals surface area contributed by atoms with Gasteiger partial charge in [-0.3, -0.25) is 0 Å². The van der Waals surface area contributed by atoms with Crippen molar-refractivity contribution in [3.63, 3.8) is 0 Å². The van der Waals surface area contributed by atoms with E-state index in [1.165, 1.54) is 6.33 Å². The van der Waals surface area contributed by atoms with Gasteiger partial charge in [-0.15, -0.1) is 0 Å². The second-order valence-electron chi connectivity index (χ2n) is 2.43. The molecule has 0 unspecified atom stereocenters. The molecule has 1 aromatic rings. The number of aromatic nitrogens is 2. The number of allylic oxidation sites excluding steroid dienone is 2. The molecule has 0 aliphatic carbocycles. The second-order valence-corrected chi connectivity index (χ2v) is 2.43. The van der Waals surface area contributed by atoms with Crippen LogP contribution in [0.25, 0.3) is 5.57 Å². The molecular weight excluding hydrogens is 152 g/mol. The van der Waals surface area contributed by atoms with E-state index in [2.05, 4.69) is 9.97 Å². The Morgan fingerprint density at radius 2 is 2.42 bits per heavy atom. The topological polar surface area (TPSA) is 35.0 Å². The van der Waals surface area contributed by atoms with Gasteiger partial charge >= 0.3 is 0 Å². The Hall–Kier alpha value is -1.64. The zero-order valence-electron chi connectivity index (χ0n) is 6.47. The monoisotopic (exact) mass is 160 g/mol. The first kappa shape index (κ1) is 7.03. The lowest BCUT2D eigenvalue weighted by molar-refractivity contribution is 0.292. The lowest BCUT2D eigenvalue weighted by Gasteiger charge is -2.08. The molecule has 1 aromatic heterocycles. The highest BCUT2D eigenvalue weighted by molar-refractivity contribution is 5.65. The fourth-order valence-electron chi connectivity index (χ4n) is 1.04. The minimum atomic E-state index is 0.591. The molecule has 2 rings (SSSR count). The Bertz CT molecular complexity index is 317. The summed E-state index contributed by atoms with van der Waals surface area (Å²) in [5.74, 6) is 0. The van der Waals surface area contributed by atoms with E-state index in [-0.39, 0.29) is 0 Å². The second kappa shape index (κ2) is 3.17. The van der Waals surface area contributed by atoms with E-state index in [0.717, 1.165) is 11.3 Å². The van der Waals surface area contributed by atoms with Crippen LogP contribution in [0.2, 0.25) is 0 Å². The summed E-state index contributed by atoms with van der Waals surface area (Å²) in [6, 6.07) is 1.87. The fraction of sp³-hybridized carbons (Fsp3) is 0.111. The Morgan fingerprint density at radius 1 is 1.42 bits per heavy atom. The van der Waals surface area contributed by atoms with Crippen molar-refractivity contribution in [3.05, 3.63) is 42.7 Å². The van der Waals surface area contributed by atoms with E-state index in [9.17, 15) is 0 Å². The lowest BCUT2D eigenvalue weighted by Crippen LogP contribution is -1.98. The molecule has 3 heteroatoms. The number of hydrogen-bond donors (Lipinski definition) is 0. The maximum atomic E-state index is 5.13. The molecule has 0 fully saturated rings. The van der Waals surface area contributed by atoms with Gasteiger partial charge in [-0.25, -0.2) is 9.97 Å². The summed E-state index contributed by atoms with van der Waals surface area (Å²) in [6.45, 7) is 0.591. The van der Waals surface area contributed by atoms with Gasteiger partial charge in [-0.1, -0.05) is 6.08 Å². The van der Waals surface area contributed by atoms with Crippen LogP contribution in [-0.4, -0.2) is 16.6 Å². The van der Waals surface area contributed by atoms with Crippen LogP contribution in [0.15, 0.2) is 37.0 Å². The van der Waals surface area contributed by atoms with Gasteiger partial charge in [0.2, 0.25) is 0 Å². The average Bonchev–Trinajstić information content (AvgIpc) is 2.21. The predicted molar refractivity (Wildman–Crippen MR) is 45.1 cm³/mol. The van der Waals surface area contributed by atoms with E-state index in [4.69, 9.17) is 4.74 Å². The normalized spacial score (nSPS) is 15.2. The summed E-state index contributed by atoms with van der Waals surface area (Å²) in [5, 5.41) is 0. The molecule has 0 atom stereocenters. The van der Waals surface area contributed by atoms with Crippen molar-refractivity contribution in [1.82, 2.24) is 9.97 Å². The van der Waals surface area contributed by atoms with Crippen molar-refractivity contribution in [2.24, 2.45) is 0 Å². The molecule has 0 radical (unpaired) electrons. The molecule has 0 saturated carbocycles. The summed E-state index contributed by atoms with van der Waals surface area (Å²) in [7, 11) is 0. The molecular formula is C9H8N2O. The Kier molecular flexibility index (Phi) is 1.86. The molecule has 0 saturated heterocycles. The van der Waals surface area contributed by atoms with Crippen LogP contribution in [0.4, 0.5) is 0 Å². The highest BCUT2D eigenvalue weighted by Gasteiger charge is 2.03. The van der Waals surface area contributed by atoms with Crippen molar-refractivity contribution >= 4 is 5.57 Å². The molecule has 1 aliphatic heterocycles. The summed E-state index contributed by atoms with van der Waals surface area (Å²) >= 11 is 0. The van der Waals surface area contributed by atoms with Crippen LogP contribution in [0.5, 0.6) is 0 Å². The molecule has 0 amide bonds. The zero-order chi connectivity index (χ0) is 8.23. The number of hydrogen-bond acceptors (Lipinski definition) is 3. The quantitative estimate of drug-likeness (QED) is 0.623. The third-order valence-corrected chi connectivity index (χ3v) is 1.62. The van der Waals surface area contributed by atoms with Crippen molar-refractivity contribution in [2.45, 2.75) is 0 Å². The SMILES string of the molecule is C1=COCC(c2ccncn2)=C1. The molecule has 0 N–H and O–H groups in total. The molecule has 3 nitrogen and oxygen atoms in total. The van der Waals surface area contributed by atoms with Crippen LogP contribution in [0.3, 0.4) is 0 Å². The van der Waals surface area contributed by atoms with E-state index in [1.807, 2.05) is 18.2 Å². The fourth-order valence-corrected chi connectivity index (χ4v) is 1.04. The summed E-state index contributed by atoms with van der Waals surface area (Å²) in [5.41, 5.74) is 2.01. The van der Waals surface area contributed by atoms with Gasteiger partial charge in [0.25, 0.3) is 0 Å². The number of nitrogens with zero attached hydrogens (tertiary/aromatic N) is 2. The first-order valence-corrected chi connectivity index (χ1v) is 3.70. The highest BCUT2D eigenvalue weighted by atomic mass is 16.5. The maximum Gasteiger partial charge on any atom is 0.116 e. The summed E-state index contributed by atoms with van der Waals surface area (Å²) < 4.78 is 5.13. The molecule has 1 aliphatic rings. The molecule has 60 valence electrons. The van der Waals surface area contributed by atoms with E-state index >= 15 is 0 Å². The minimum absolute atomic E-state index is 0.591. The highest BCUT2D eigenvalue weighted by Crippen LogP contribution is 2.13. The van der Waals surface area contributed by atoms with E-state index < -0.39 is 0 Å². The van der Waals surface area contributed by atoms with Crippen molar-refractivity contribution in [2.75, 3.05) is 6.61 Å². The average molecular weight is 160 g/mol. The van der Waals surface area contributed by atoms with Gasteiger partial charge in [0.1, 0.15) is 12.9 Å². The largest absolute Gasteiger partial charge is 0.496 e. The predicted octanol–water partition coefficient (Wildman–Crippen LogP) is 1.40. The van der Waals surface area contributed by atoms with Gasteiger partial charge in [0.05, 0.1) is 12.0 Å². The van der Waals surface area contributed by atoms with Crippen molar-refractivity contribution in [1.29, 1.82) is 0 Å². The van der Waals surface area contributed by atoms with Crippen molar-refractivity contribution in [3.8, 4) is 0 Å². The standard InChI is InChI=1S/C9H8N2O/c1-2-8(6-12-5-1)9-3-4-10-7-11-9/h1-5,7H,6H2. The smallest absolute Gasteiger partial charge is 0.116 e. The van der Waals surface area contributed by atoms with Crippen LogP contribution >= 0.6 is 0 Å². The zero-order valence-corrected chi connectivity index (χ0v) is 6.47. The molecule has 12 heavy (non-hydrogen) atoms. The Labute approximate surface area is 70.4 Å². The van der Waals surface area contributed by atoms with E-state index in [1.54, 1.807) is 12.5 Å². The van der Waals surface area contributed by atoms with Gasteiger partial charge in [-0.2, -0.15) is 0 Å². The van der Waals surface area contributed by atoms with Crippen LogP contribution < -0.4 is 0 Å². The molecule has 0 spiro atoms. The summed E-state index contributed by atoms with van der Waals surface area (Å²) in [6.07, 6.45) is 8.79. The van der Waals surface area contributed by atoms with Crippen LogP contribution in [-0.2, 0) is 4.74 Å². The minimum Gasteiger partial charge on any atom is -0.496 e. The molecule has 0 aromatic carbocycles. The summed E-state index contributed by atoms with van der Waals surface area (Å²) in [4.78, 5) is 7.95. The third-order valence-electron chi connectivity index (χ3n) is 1.62. The maximum absolute atomic E-state index is 5.13. The third kappa shape index (κ3) is 1.34. The number of rotatable bonds is 1. The Balaban J connectivity index is 2.31. The first-order valence-electron chi connectivity index (χ1n) is 3.70. The van der Waals surface area contributed by atoms with Gasteiger partial charge in [0.15, 0.2) is 0 Å². The lowest BCUT2D eigenvalue weighted by atomic mass is 10.1. The number of ether oxygens (including phenoxy) is 1. The van der Waals surface area contributed by atoms with E-state index in [0.29, 0.717) is 6.61 Å². The van der Waals surface area contributed by atoms with Crippen molar-refractivity contribution < 1.29 is 4.74 Å². The Morgan fingerprint density at radius 3 is 3.08 bits per heavy atom. The molecule has 2 heterocycles. The first-order chi connectivity index (χ1) is 5.97. The van der Waals surface area contributed by atoms with Gasteiger partial charge in [0, 0.05) is 11.8 Å². The molecule has 0 bridgehead atoms. The van der Waals surface area contributed by atoms with Gasteiger partial charge < -0.3 is 4.74 Å². The van der Waals surface area contributed by atoms with Crippen LogP contribution in [0.1, 0.15) is 5.69 Å².